The monoisotopic (exact) mass is 426 g/mol. The summed E-state index contributed by atoms with van der Waals surface area (Å²) >= 11 is 0. The molecule has 164 valence electrons. The molecule has 2 aromatic carbocycles. The molecule has 31 heavy (non-hydrogen) atoms. The van der Waals surface area contributed by atoms with Gasteiger partial charge in [-0.1, -0.05) is 24.3 Å². The maximum absolute atomic E-state index is 15.2. The van der Waals surface area contributed by atoms with Gasteiger partial charge in [-0.05, 0) is 80.4 Å². The summed E-state index contributed by atoms with van der Waals surface area (Å²) in [5.41, 5.74) is 2.10. The largest absolute Gasteiger partial charge is 0.450 e. The molecule has 1 fully saturated rings. The summed E-state index contributed by atoms with van der Waals surface area (Å²) in [6.07, 6.45) is 11.1. The molecule has 0 radical (unpaired) electrons. The molecule has 0 N–H and O–H groups in total. The van der Waals surface area contributed by atoms with Gasteiger partial charge in [-0.25, -0.2) is 8.78 Å². The second kappa shape index (κ2) is 9.33. The number of benzene rings is 2. The van der Waals surface area contributed by atoms with Gasteiger partial charge >= 0.3 is 0 Å². The predicted octanol–water partition coefficient (Wildman–Crippen LogP) is 7.84. The van der Waals surface area contributed by atoms with Gasteiger partial charge in [0.2, 0.25) is 5.82 Å². The van der Waals surface area contributed by atoms with E-state index in [0.29, 0.717) is 59.8 Å². The van der Waals surface area contributed by atoms with Crippen molar-refractivity contribution in [2.75, 3.05) is 0 Å². The second-order valence-corrected chi connectivity index (χ2v) is 8.84. The Morgan fingerprint density at radius 2 is 1.61 bits per heavy atom. The summed E-state index contributed by atoms with van der Waals surface area (Å²) in [5.74, 6) is -1.35. The fourth-order valence-corrected chi connectivity index (χ4v) is 4.86. The molecule has 4 rings (SSSR count). The molecule has 4 heteroatoms. The Hall–Kier alpha value is -2.49. The van der Waals surface area contributed by atoms with Crippen molar-refractivity contribution in [3.05, 3.63) is 83.2 Å². The number of halogens is 3. The van der Waals surface area contributed by atoms with E-state index in [1.54, 1.807) is 12.1 Å². The van der Waals surface area contributed by atoms with Crippen LogP contribution in [0.25, 0.3) is 0 Å². The number of fused-ring (bicyclic) bond motifs is 2. The van der Waals surface area contributed by atoms with E-state index < -0.39 is 17.5 Å². The lowest BCUT2D eigenvalue weighted by Crippen LogP contribution is -2.14. The van der Waals surface area contributed by atoms with Gasteiger partial charge in [0.15, 0.2) is 23.1 Å². The normalized spacial score (nSPS) is 19.8. The van der Waals surface area contributed by atoms with E-state index in [4.69, 9.17) is 4.74 Å². The van der Waals surface area contributed by atoms with Crippen LogP contribution in [0, 0.1) is 29.3 Å². The number of ether oxygens (including phenoxy) is 1. The van der Waals surface area contributed by atoms with Crippen molar-refractivity contribution < 1.29 is 17.9 Å². The van der Waals surface area contributed by atoms with Crippen LogP contribution in [0.1, 0.15) is 60.8 Å². The highest BCUT2D eigenvalue weighted by Crippen LogP contribution is 2.42. The Morgan fingerprint density at radius 3 is 2.32 bits per heavy atom. The number of rotatable bonds is 7. The Balaban J connectivity index is 1.51. The zero-order valence-electron chi connectivity index (χ0n) is 17.9. The van der Waals surface area contributed by atoms with E-state index in [0.717, 1.165) is 32.1 Å². The van der Waals surface area contributed by atoms with Gasteiger partial charge in [0.1, 0.15) is 0 Å². The Morgan fingerprint density at radius 1 is 0.871 bits per heavy atom. The van der Waals surface area contributed by atoms with Crippen LogP contribution >= 0.6 is 0 Å². The van der Waals surface area contributed by atoms with Crippen molar-refractivity contribution >= 4 is 0 Å². The molecule has 0 saturated heterocycles. The van der Waals surface area contributed by atoms with Crippen molar-refractivity contribution in [3.8, 4) is 11.5 Å². The van der Waals surface area contributed by atoms with E-state index in [-0.39, 0.29) is 11.5 Å². The maximum atomic E-state index is 15.2. The average molecular weight is 427 g/mol. The maximum Gasteiger partial charge on any atom is 0.201 e. The molecule has 1 saturated carbocycles. The number of aryl methyl sites for hydroxylation is 2. The third-order valence-corrected chi connectivity index (χ3v) is 6.82. The van der Waals surface area contributed by atoms with Crippen LogP contribution in [0.2, 0.25) is 0 Å². The molecule has 1 aliphatic heterocycles. The molecule has 2 aromatic rings. The molecule has 0 unspecified atom stereocenters. The Kier molecular flexibility index (Phi) is 6.54. The highest BCUT2D eigenvalue weighted by atomic mass is 19.2. The van der Waals surface area contributed by atoms with E-state index in [1.807, 2.05) is 18.2 Å². The quantitative estimate of drug-likeness (QED) is 0.350. The van der Waals surface area contributed by atoms with Crippen LogP contribution in [-0.2, 0) is 19.3 Å². The zero-order valence-corrected chi connectivity index (χ0v) is 17.9. The molecule has 1 aliphatic carbocycles. The minimum absolute atomic E-state index is 0.0394. The molecular formula is C27H29F3O. The first-order valence-electron chi connectivity index (χ1n) is 11.2. The summed E-state index contributed by atoms with van der Waals surface area (Å²) in [7, 11) is 0. The SMILES string of the molecule is C=CCCc1cc2c(c(F)c1F)Oc1c(ccc(CCC3CCC(C=C)CC3)c1F)C2. The molecule has 0 atom stereocenters. The van der Waals surface area contributed by atoms with Gasteiger partial charge in [0.25, 0.3) is 0 Å². The lowest BCUT2D eigenvalue weighted by molar-refractivity contribution is 0.295. The van der Waals surface area contributed by atoms with Crippen LogP contribution in [0.3, 0.4) is 0 Å². The first-order valence-corrected chi connectivity index (χ1v) is 11.2. The summed E-state index contributed by atoms with van der Waals surface area (Å²) in [4.78, 5) is 0. The van der Waals surface area contributed by atoms with E-state index >= 15 is 4.39 Å². The first kappa shape index (κ1) is 21.7. The number of hydrogen-bond acceptors (Lipinski definition) is 1. The van der Waals surface area contributed by atoms with Crippen LogP contribution in [0.15, 0.2) is 43.5 Å². The van der Waals surface area contributed by atoms with Crippen molar-refractivity contribution in [1.29, 1.82) is 0 Å². The number of allylic oxidation sites excluding steroid dienone is 2. The van der Waals surface area contributed by atoms with Crippen molar-refractivity contribution in [2.24, 2.45) is 11.8 Å². The Bertz CT molecular complexity index is 987. The lowest BCUT2D eigenvalue weighted by atomic mass is 9.79. The fraction of sp³-hybridized carbons (Fsp3) is 0.407. The molecule has 0 spiro atoms. The van der Waals surface area contributed by atoms with Crippen LogP contribution in [0.5, 0.6) is 11.5 Å². The standard InChI is InChI=1S/C27H29F3O/c1-3-5-6-20-15-22-16-21-14-13-19(12-11-18-9-7-17(4-2)8-10-18)24(29)26(21)31-27(22)25(30)23(20)28/h3-4,13-15,17-18H,1-2,5-12,16H2. The van der Waals surface area contributed by atoms with Crippen LogP contribution in [-0.4, -0.2) is 0 Å². The van der Waals surface area contributed by atoms with Crippen LogP contribution in [0.4, 0.5) is 13.2 Å². The molecule has 1 heterocycles. The molecule has 0 bridgehead atoms. The summed E-state index contributed by atoms with van der Waals surface area (Å²) < 4.78 is 50.0. The predicted molar refractivity (Wildman–Crippen MR) is 118 cm³/mol. The third kappa shape index (κ3) is 4.44. The van der Waals surface area contributed by atoms with Gasteiger partial charge in [-0.2, -0.15) is 4.39 Å². The van der Waals surface area contributed by atoms with Gasteiger partial charge in [0.05, 0.1) is 0 Å². The fourth-order valence-electron chi connectivity index (χ4n) is 4.86. The molecular weight excluding hydrogens is 397 g/mol. The van der Waals surface area contributed by atoms with Crippen molar-refractivity contribution in [1.82, 2.24) is 0 Å². The smallest absolute Gasteiger partial charge is 0.201 e. The zero-order chi connectivity index (χ0) is 22.0. The van der Waals surface area contributed by atoms with Crippen molar-refractivity contribution in [2.45, 2.75) is 57.8 Å². The second-order valence-electron chi connectivity index (χ2n) is 8.84. The van der Waals surface area contributed by atoms with E-state index in [1.165, 1.54) is 0 Å². The van der Waals surface area contributed by atoms with Gasteiger partial charge in [0, 0.05) is 17.5 Å². The van der Waals surface area contributed by atoms with E-state index in [2.05, 4.69) is 13.2 Å². The van der Waals surface area contributed by atoms with E-state index in [9.17, 15) is 8.78 Å². The highest BCUT2D eigenvalue weighted by molar-refractivity contribution is 5.53. The minimum atomic E-state index is -1.04. The number of hydrogen-bond donors (Lipinski definition) is 0. The first-order chi connectivity index (χ1) is 15.0. The molecule has 2 aliphatic rings. The van der Waals surface area contributed by atoms with Gasteiger partial charge < -0.3 is 4.74 Å². The van der Waals surface area contributed by atoms with Gasteiger partial charge in [-0.15, -0.1) is 13.2 Å². The lowest BCUT2D eigenvalue weighted by Gasteiger charge is -2.27. The molecule has 1 nitrogen and oxygen atoms in total. The molecule has 0 aromatic heterocycles. The third-order valence-electron chi connectivity index (χ3n) is 6.82. The topological polar surface area (TPSA) is 9.23 Å². The summed E-state index contributed by atoms with van der Waals surface area (Å²) in [6.45, 7) is 7.51. The molecule has 0 amide bonds. The average Bonchev–Trinajstić information content (AvgIpc) is 2.79. The highest BCUT2D eigenvalue weighted by Gasteiger charge is 2.28. The van der Waals surface area contributed by atoms with Crippen molar-refractivity contribution in [3.63, 3.8) is 0 Å². The summed E-state index contributed by atoms with van der Waals surface area (Å²) in [5, 5.41) is 0. The van der Waals surface area contributed by atoms with Crippen LogP contribution < -0.4 is 4.74 Å². The van der Waals surface area contributed by atoms with Gasteiger partial charge in [-0.3, -0.25) is 0 Å². The Labute approximate surface area is 182 Å². The minimum Gasteiger partial charge on any atom is -0.450 e. The summed E-state index contributed by atoms with van der Waals surface area (Å²) in [6, 6.07) is 5.30.